The number of aliphatic hydroxyl groups excluding tert-OH is 6. The van der Waals surface area contributed by atoms with Gasteiger partial charge in [0.15, 0.2) is 0 Å². The highest BCUT2D eigenvalue weighted by Crippen LogP contribution is 2.47. The van der Waals surface area contributed by atoms with Crippen LogP contribution in [0.15, 0.2) is 12.2 Å². The van der Waals surface area contributed by atoms with Crippen LogP contribution in [-0.2, 0) is 18.4 Å². The molecular formula is C43H84NO11P. The molecule has 0 saturated heterocycles. The second-order valence-corrected chi connectivity index (χ2v) is 17.7. The van der Waals surface area contributed by atoms with Crippen LogP contribution < -0.4 is 5.32 Å². The summed E-state index contributed by atoms with van der Waals surface area (Å²) >= 11 is 0. The first kappa shape index (κ1) is 53.1. The molecule has 6 unspecified atom stereocenters. The second-order valence-electron chi connectivity index (χ2n) is 16.3. The molecule has 0 heterocycles. The first-order chi connectivity index (χ1) is 26.9. The van der Waals surface area contributed by atoms with Gasteiger partial charge in [0.05, 0.1) is 18.8 Å². The summed E-state index contributed by atoms with van der Waals surface area (Å²) < 4.78 is 22.9. The van der Waals surface area contributed by atoms with Crippen LogP contribution in [0.2, 0.25) is 0 Å². The lowest BCUT2D eigenvalue weighted by Crippen LogP contribution is -2.64. The van der Waals surface area contributed by atoms with Gasteiger partial charge in [0.25, 0.3) is 0 Å². The van der Waals surface area contributed by atoms with Gasteiger partial charge in [0, 0.05) is 6.42 Å². The number of unbranched alkanes of at least 4 members (excludes halogenated alkanes) is 26. The minimum atomic E-state index is -5.07. The van der Waals surface area contributed by atoms with Crippen molar-refractivity contribution >= 4 is 13.7 Å². The number of aliphatic hydroxyl groups is 6. The van der Waals surface area contributed by atoms with Crippen LogP contribution in [0.1, 0.15) is 200 Å². The summed E-state index contributed by atoms with van der Waals surface area (Å²) in [6.07, 6.45) is 24.2. The third-order valence-corrected chi connectivity index (χ3v) is 12.1. The Morgan fingerprint density at radius 3 is 1.36 bits per heavy atom. The van der Waals surface area contributed by atoms with Crippen LogP contribution in [0.5, 0.6) is 0 Å². The van der Waals surface area contributed by atoms with E-state index in [9.17, 15) is 44.9 Å². The average molecular weight is 822 g/mol. The number of nitrogens with one attached hydrogen (secondary N) is 1. The van der Waals surface area contributed by atoms with Crippen molar-refractivity contribution in [1.82, 2.24) is 5.32 Å². The molecular weight excluding hydrogens is 737 g/mol. The summed E-state index contributed by atoms with van der Waals surface area (Å²) in [5, 5.41) is 63.9. The van der Waals surface area contributed by atoms with Crippen molar-refractivity contribution in [3.63, 3.8) is 0 Å². The van der Waals surface area contributed by atoms with E-state index >= 15 is 0 Å². The van der Waals surface area contributed by atoms with E-state index in [0.717, 1.165) is 44.9 Å². The van der Waals surface area contributed by atoms with Gasteiger partial charge in [-0.1, -0.05) is 187 Å². The Morgan fingerprint density at radius 2 is 0.946 bits per heavy atom. The summed E-state index contributed by atoms with van der Waals surface area (Å²) in [5.74, 6) is -0.339. The molecule has 1 saturated carbocycles. The number of carbonyl (C=O) groups excluding carboxylic acids is 1. The Balaban J connectivity index is 2.52. The van der Waals surface area contributed by atoms with Crippen molar-refractivity contribution in [3.05, 3.63) is 12.2 Å². The maximum absolute atomic E-state index is 12.9. The van der Waals surface area contributed by atoms with Gasteiger partial charge in [-0.2, -0.15) is 0 Å². The molecule has 0 bridgehead atoms. The van der Waals surface area contributed by atoms with Crippen LogP contribution >= 0.6 is 7.82 Å². The van der Waals surface area contributed by atoms with Crippen LogP contribution in [-0.4, -0.2) is 96.8 Å². The molecule has 1 fully saturated rings. The average Bonchev–Trinajstić information content (AvgIpc) is 3.18. The Morgan fingerprint density at radius 1 is 0.589 bits per heavy atom. The van der Waals surface area contributed by atoms with E-state index in [2.05, 4.69) is 19.2 Å². The predicted molar refractivity (Wildman–Crippen MR) is 223 cm³/mol. The number of carbonyl (C=O) groups is 1. The fraction of sp³-hybridized carbons (Fsp3) is 0.930. The maximum atomic E-state index is 12.9. The number of allylic oxidation sites excluding steroid dienone is 1. The van der Waals surface area contributed by atoms with E-state index < -0.39 is 63.2 Å². The molecule has 12 nitrogen and oxygen atoms in total. The monoisotopic (exact) mass is 822 g/mol. The van der Waals surface area contributed by atoms with E-state index in [1.807, 2.05) is 6.08 Å². The number of rotatable bonds is 37. The molecule has 8 N–H and O–H groups in total. The molecule has 0 radical (unpaired) electrons. The fourth-order valence-corrected chi connectivity index (χ4v) is 8.28. The van der Waals surface area contributed by atoms with Crippen molar-refractivity contribution in [3.8, 4) is 0 Å². The molecule has 1 rings (SSSR count). The SMILES string of the molecule is CCCCCCCCCCCCCCC/C=C/[C@@H](O)[C@H](COP(=O)(O)OC1C(O)C(O)C(O)[C@@H](O)C1O)NC(=O)CCCCCCCCCCCCCCCC. The zero-order chi connectivity index (χ0) is 41.4. The van der Waals surface area contributed by atoms with Gasteiger partial charge in [-0.25, -0.2) is 4.57 Å². The normalized spacial score (nSPS) is 23.7. The molecule has 9 atom stereocenters. The van der Waals surface area contributed by atoms with E-state index in [4.69, 9.17) is 9.05 Å². The van der Waals surface area contributed by atoms with Crippen molar-refractivity contribution in [2.45, 2.75) is 249 Å². The second kappa shape index (κ2) is 33.9. The summed E-state index contributed by atoms with van der Waals surface area (Å²) in [4.78, 5) is 23.3. The standard InChI is InChI=1S/C43H84NO11P/c1-3-5-7-9-11-13-15-17-19-20-22-24-26-28-30-32-36(45)35(34-54-56(52,53)55-43-41(50)39(48)38(47)40(49)42(43)51)44-37(46)33-31-29-27-25-23-21-18-16-14-12-10-8-6-4-2/h30,32,35-36,38-43,45,47-51H,3-29,31,33-34H2,1-2H3,(H,44,46)(H,52,53)/b32-30+/t35-,36+,38?,39+,40?,41?,42?,43?/m0/s1. The molecule has 1 amide bonds. The molecule has 13 heteroatoms. The molecule has 56 heavy (non-hydrogen) atoms. The van der Waals surface area contributed by atoms with Crippen molar-refractivity contribution in [2.75, 3.05) is 6.61 Å². The molecule has 1 aliphatic carbocycles. The van der Waals surface area contributed by atoms with Gasteiger partial charge < -0.3 is 40.8 Å². The lowest BCUT2D eigenvalue weighted by Gasteiger charge is -2.41. The van der Waals surface area contributed by atoms with Crippen molar-refractivity contribution < 1.29 is 53.9 Å². The molecule has 0 aromatic carbocycles. The molecule has 1 aliphatic rings. The summed E-state index contributed by atoms with van der Waals surface area (Å²) in [7, 11) is -5.07. The first-order valence-electron chi connectivity index (χ1n) is 22.6. The highest BCUT2D eigenvalue weighted by atomic mass is 31.2. The lowest BCUT2D eigenvalue weighted by molar-refractivity contribution is -0.220. The number of phosphoric acid groups is 1. The van der Waals surface area contributed by atoms with Gasteiger partial charge in [-0.15, -0.1) is 0 Å². The predicted octanol–water partition coefficient (Wildman–Crippen LogP) is 8.06. The zero-order valence-electron chi connectivity index (χ0n) is 35.2. The van der Waals surface area contributed by atoms with Crippen LogP contribution in [0, 0.1) is 0 Å². The Bertz CT molecular complexity index is 1000. The molecule has 332 valence electrons. The molecule has 0 aliphatic heterocycles. The summed E-state index contributed by atoms with van der Waals surface area (Å²) in [6, 6.07) is -1.11. The maximum Gasteiger partial charge on any atom is 0.472 e. The fourth-order valence-electron chi connectivity index (χ4n) is 7.31. The summed E-state index contributed by atoms with van der Waals surface area (Å²) in [6.45, 7) is 3.83. The van der Waals surface area contributed by atoms with Gasteiger partial charge in [-0.05, 0) is 19.3 Å². The van der Waals surface area contributed by atoms with Gasteiger partial charge >= 0.3 is 7.82 Å². The van der Waals surface area contributed by atoms with E-state index in [1.54, 1.807) is 0 Å². The van der Waals surface area contributed by atoms with E-state index in [-0.39, 0.29) is 12.3 Å². The zero-order valence-corrected chi connectivity index (χ0v) is 36.1. The summed E-state index contributed by atoms with van der Waals surface area (Å²) in [5.41, 5.74) is 0. The topological polar surface area (TPSA) is 206 Å². The van der Waals surface area contributed by atoms with Gasteiger partial charge in [0.1, 0.15) is 36.6 Å². The largest absolute Gasteiger partial charge is 0.472 e. The highest BCUT2D eigenvalue weighted by molar-refractivity contribution is 7.47. The Labute approximate surface area is 339 Å². The Hall–Kier alpha value is -0.920. The van der Waals surface area contributed by atoms with Gasteiger partial charge in [0.2, 0.25) is 5.91 Å². The lowest BCUT2D eigenvalue weighted by atomic mass is 9.85. The highest BCUT2D eigenvalue weighted by Gasteiger charge is 2.51. The van der Waals surface area contributed by atoms with Gasteiger partial charge in [-0.3, -0.25) is 13.8 Å². The number of phosphoric ester groups is 1. The number of amides is 1. The third-order valence-electron chi connectivity index (χ3n) is 11.1. The van der Waals surface area contributed by atoms with E-state index in [0.29, 0.717) is 6.42 Å². The molecule has 0 aromatic heterocycles. The third kappa shape index (κ3) is 25.5. The van der Waals surface area contributed by atoms with Crippen molar-refractivity contribution in [1.29, 1.82) is 0 Å². The van der Waals surface area contributed by atoms with Crippen LogP contribution in [0.4, 0.5) is 0 Å². The van der Waals surface area contributed by atoms with Crippen molar-refractivity contribution in [2.24, 2.45) is 0 Å². The minimum absolute atomic E-state index is 0.218. The number of hydrogen-bond acceptors (Lipinski definition) is 10. The molecule has 0 spiro atoms. The number of hydrogen-bond donors (Lipinski definition) is 8. The molecule has 0 aromatic rings. The van der Waals surface area contributed by atoms with Crippen LogP contribution in [0.25, 0.3) is 0 Å². The smallest absolute Gasteiger partial charge is 0.387 e. The minimum Gasteiger partial charge on any atom is -0.387 e. The Kier molecular flexibility index (Phi) is 32.1. The van der Waals surface area contributed by atoms with Crippen LogP contribution in [0.3, 0.4) is 0 Å². The quantitative estimate of drug-likeness (QED) is 0.0171. The van der Waals surface area contributed by atoms with E-state index in [1.165, 1.54) is 134 Å². The first-order valence-corrected chi connectivity index (χ1v) is 24.1.